The van der Waals surface area contributed by atoms with Gasteiger partial charge in [0.05, 0.1) is 12.3 Å². The topological polar surface area (TPSA) is 100 Å². The van der Waals surface area contributed by atoms with Gasteiger partial charge in [-0.05, 0) is 56.2 Å². The average molecular weight is 420 g/mol. The van der Waals surface area contributed by atoms with Gasteiger partial charge >= 0.3 is 5.97 Å². The zero-order chi connectivity index (χ0) is 21.8. The summed E-state index contributed by atoms with van der Waals surface area (Å²) in [6, 6.07) is 15.5. The Kier molecular flexibility index (Phi) is 5.97. The molecule has 4 rings (SSSR count). The molecule has 1 aliphatic heterocycles. The first kappa shape index (κ1) is 20.6. The summed E-state index contributed by atoms with van der Waals surface area (Å²) >= 11 is 0. The average Bonchev–Trinajstić information content (AvgIpc) is 3.54. The molecule has 2 aromatic carbocycles. The summed E-state index contributed by atoms with van der Waals surface area (Å²) < 4.78 is 5.06. The summed E-state index contributed by atoms with van der Waals surface area (Å²) in [6.45, 7) is 1.97. The number of benzene rings is 2. The smallest absolute Gasteiger partial charge is 0.354 e. The highest BCUT2D eigenvalue weighted by Crippen LogP contribution is 2.30. The van der Waals surface area contributed by atoms with Crippen LogP contribution in [0.15, 0.2) is 59.7 Å². The van der Waals surface area contributed by atoms with Crippen LogP contribution in [0, 0.1) is 5.92 Å². The molecule has 1 saturated carbocycles. The van der Waals surface area contributed by atoms with Crippen molar-refractivity contribution in [1.29, 1.82) is 0 Å². The van der Waals surface area contributed by atoms with Crippen molar-refractivity contribution >= 4 is 40.6 Å². The number of hydrogen-bond donors (Lipinski definition) is 2. The highest BCUT2D eigenvalue weighted by Gasteiger charge is 2.37. The van der Waals surface area contributed by atoms with Gasteiger partial charge in [0.15, 0.2) is 0 Å². The number of carbonyl (C=O) groups is 3. The van der Waals surface area contributed by atoms with Crippen LogP contribution in [0.4, 0.5) is 17.1 Å². The maximum Gasteiger partial charge on any atom is 0.354 e. The molecule has 2 aromatic rings. The van der Waals surface area contributed by atoms with E-state index < -0.39 is 12.0 Å². The lowest BCUT2D eigenvalue weighted by Gasteiger charge is -2.22. The molecule has 1 fully saturated rings. The second kappa shape index (κ2) is 8.99. The van der Waals surface area contributed by atoms with Crippen molar-refractivity contribution in [2.45, 2.75) is 32.2 Å². The second-order valence-corrected chi connectivity index (χ2v) is 7.50. The molecule has 31 heavy (non-hydrogen) atoms. The number of anilines is 3. The van der Waals surface area contributed by atoms with Gasteiger partial charge in [0.25, 0.3) is 0 Å². The molecule has 8 heteroatoms. The van der Waals surface area contributed by atoms with Crippen LogP contribution >= 0.6 is 0 Å². The van der Waals surface area contributed by atoms with Gasteiger partial charge in [0.2, 0.25) is 11.8 Å². The van der Waals surface area contributed by atoms with Gasteiger partial charge in [0, 0.05) is 23.7 Å². The fraction of sp³-hybridized carbons (Fsp3) is 0.304. The number of para-hydroxylation sites is 1. The number of carbonyl (C=O) groups excluding carboxylic acids is 3. The fourth-order valence-electron chi connectivity index (χ4n) is 3.32. The molecular weight excluding hydrogens is 396 g/mol. The van der Waals surface area contributed by atoms with Crippen molar-refractivity contribution in [2.24, 2.45) is 11.0 Å². The number of hydrazone groups is 1. The quantitative estimate of drug-likeness (QED) is 0.670. The molecule has 1 unspecified atom stereocenters. The SMILES string of the molecule is CCOC(=O)C1=NN(c2ccccc2)C(C(=O)Nc2ccc(NC(=O)C3CC3)cc2)C1. The molecule has 1 atom stereocenters. The fourth-order valence-corrected chi connectivity index (χ4v) is 3.32. The van der Waals surface area contributed by atoms with Crippen LogP contribution in [0.1, 0.15) is 26.2 Å². The van der Waals surface area contributed by atoms with E-state index in [0.717, 1.165) is 12.8 Å². The van der Waals surface area contributed by atoms with Crippen LogP contribution < -0.4 is 15.6 Å². The Labute approximate surface area is 180 Å². The van der Waals surface area contributed by atoms with E-state index in [1.807, 2.05) is 30.3 Å². The van der Waals surface area contributed by atoms with E-state index >= 15 is 0 Å². The number of rotatable bonds is 7. The zero-order valence-electron chi connectivity index (χ0n) is 17.2. The summed E-state index contributed by atoms with van der Waals surface area (Å²) in [6.07, 6.45) is 2.03. The number of nitrogens with zero attached hydrogens (tertiary/aromatic N) is 2. The van der Waals surface area contributed by atoms with Crippen LogP contribution in [-0.2, 0) is 19.1 Å². The van der Waals surface area contributed by atoms with E-state index in [0.29, 0.717) is 17.1 Å². The highest BCUT2D eigenvalue weighted by molar-refractivity contribution is 6.38. The number of amides is 2. The summed E-state index contributed by atoms with van der Waals surface area (Å²) in [5.41, 5.74) is 2.20. The molecular formula is C23H24N4O4. The molecule has 1 aliphatic carbocycles. The van der Waals surface area contributed by atoms with E-state index in [1.54, 1.807) is 36.2 Å². The van der Waals surface area contributed by atoms with E-state index in [1.165, 1.54) is 0 Å². The van der Waals surface area contributed by atoms with E-state index in [9.17, 15) is 14.4 Å². The maximum absolute atomic E-state index is 13.0. The minimum absolute atomic E-state index is 0.0323. The summed E-state index contributed by atoms with van der Waals surface area (Å²) in [4.78, 5) is 37.1. The maximum atomic E-state index is 13.0. The Morgan fingerprint density at radius 2 is 1.58 bits per heavy atom. The summed E-state index contributed by atoms with van der Waals surface area (Å²) in [7, 11) is 0. The molecule has 0 aromatic heterocycles. The first-order valence-corrected chi connectivity index (χ1v) is 10.4. The largest absolute Gasteiger partial charge is 0.461 e. The van der Waals surface area contributed by atoms with Crippen LogP contribution in [0.5, 0.6) is 0 Å². The van der Waals surface area contributed by atoms with E-state index in [2.05, 4.69) is 15.7 Å². The zero-order valence-corrected chi connectivity index (χ0v) is 17.2. The standard InChI is InChI=1S/C23H24N4O4/c1-2-31-23(30)19-14-20(27(26-19)18-6-4-3-5-7-18)22(29)25-17-12-10-16(11-13-17)24-21(28)15-8-9-15/h3-7,10-13,15,20H,2,8-9,14H2,1H3,(H,24,28)(H,25,29). The van der Waals surface area contributed by atoms with Gasteiger partial charge in [-0.15, -0.1) is 0 Å². The molecule has 2 aliphatic rings. The first-order valence-electron chi connectivity index (χ1n) is 10.4. The number of hydrogen-bond acceptors (Lipinski definition) is 6. The molecule has 0 bridgehead atoms. The van der Waals surface area contributed by atoms with Crippen molar-refractivity contribution in [3.8, 4) is 0 Å². The Morgan fingerprint density at radius 1 is 0.968 bits per heavy atom. The van der Waals surface area contributed by atoms with Crippen molar-refractivity contribution in [2.75, 3.05) is 22.2 Å². The van der Waals surface area contributed by atoms with Crippen molar-refractivity contribution in [3.63, 3.8) is 0 Å². The lowest BCUT2D eigenvalue weighted by atomic mass is 10.1. The van der Waals surface area contributed by atoms with E-state index in [-0.39, 0.29) is 36.5 Å². The molecule has 0 radical (unpaired) electrons. The predicted molar refractivity (Wildman–Crippen MR) is 118 cm³/mol. The number of nitrogens with one attached hydrogen (secondary N) is 2. The van der Waals surface area contributed by atoms with Gasteiger partial charge in [-0.1, -0.05) is 18.2 Å². The molecule has 0 spiro atoms. The third-order valence-electron chi connectivity index (χ3n) is 5.11. The Hall–Kier alpha value is -3.68. The van der Waals surface area contributed by atoms with Gasteiger partial charge in [-0.2, -0.15) is 5.10 Å². The predicted octanol–water partition coefficient (Wildman–Crippen LogP) is 3.17. The minimum Gasteiger partial charge on any atom is -0.461 e. The Bertz CT molecular complexity index is 1000. The van der Waals surface area contributed by atoms with Crippen molar-refractivity contribution in [3.05, 3.63) is 54.6 Å². The summed E-state index contributed by atoms with van der Waals surface area (Å²) in [5.74, 6) is -0.652. The molecule has 2 N–H and O–H groups in total. The van der Waals surface area contributed by atoms with Crippen molar-refractivity contribution < 1.29 is 19.1 Å². The van der Waals surface area contributed by atoms with Crippen LogP contribution in [0.25, 0.3) is 0 Å². The Balaban J connectivity index is 1.45. The van der Waals surface area contributed by atoms with Crippen molar-refractivity contribution in [1.82, 2.24) is 0 Å². The first-order chi connectivity index (χ1) is 15.0. The lowest BCUT2D eigenvalue weighted by molar-refractivity contribution is -0.135. The summed E-state index contributed by atoms with van der Waals surface area (Å²) in [5, 5.41) is 11.6. The highest BCUT2D eigenvalue weighted by atomic mass is 16.5. The second-order valence-electron chi connectivity index (χ2n) is 7.50. The molecule has 2 amide bonds. The van der Waals surface area contributed by atoms with Gasteiger partial charge < -0.3 is 15.4 Å². The molecule has 1 heterocycles. The molecule has 0 saturated heterocycles. The van der Waals surface area contributed by atoms with Gasteiger partial charge in [0.1, 0.15) is 11.8 Å². The molecule has 160 valence electrons. The monoisotopic (exact) mass is 420 g/mol. The van der Waals surface area contributed by atoms with E-state index in [4.69, 9.17) is 4.74 Å². The Morgan fingerprint density at radius 3 is 2.16 bits per heavy atom. The number of ether oxygens (including phenoxy) is 1. The minimum atomic E-state index is -0.684. The lowest BCUT2D eigenvalue weighted by Crippen LogP contribution is -2.38. The van der Waals surface area contributed by atoms with Gasteiger partial charge in [-0.25, -0.2) is 4.79 Å². The normalized spacial score (nSPS) is 17.6. The van der Waals surface area contributed by atoms with Gasteiger partial charge in [-0.3, -0.25) is 14.6 Å². The molecule has 8 nitrogen and oxygen atoms in total. The van der Waals surface area contributed by atoms with Crippen LogP contribution in [-0.4, -0.2) is 36.1 Å². The third kappa shape index (κ3) is 4.91. The number of esters is 1. The van der Waals surface area contributed by atoms with Crippen LogP contribution in [0.2, 0.25) is 0 Å². The van der Waals surface area contributed by atoms with Crippen LogP contribution in [0.3, 0.4) is 0 Å². The third-order valence-corrected chi connectivity index (χ3v) is 5.11.